The van der Waals surface area contributed by atoms with Crippen LogP contribution in [-0.2, 0) is 11.2 Å². The lowest BCUT2D eigenvalue weighted by Crippen LogP contribution is -2.64. The van der Waals surface area contributed by atoms with Crippen LogP contribution in [0.25, 0.3) is 0 Å². The van der Waals surface area contributed by atoms with Crippen LogP contribution in [0.4, 0.5) is 16.2 Å². The van der Waals surface area contributed by atoms with Crippen LogP contribution in [0, 0.1) is 0 Å². The third-order valence-electron chi connectivity index (χ3n) is 6.26. The van der Waals surface area contributed by atoms with Crippen molar-refractivity contribution >= 4 is 23.3 Å². The van der Waals surface area contributed by atoms with Crippen LogP contribution in [0.3, 0.4) is 0 Å². The number of urea groups is 1. The zero-order chi connectivity index (χ0) is 20.4. The third-order valence-corrected chi connectivity index (χ3v) is 6.26. The van der Waals surface area contributed by atoms with Gasteiger partial charge in [-0.1, -0.05) is 43.3 Å². The molecule has 1 atom stereocenters. The average molecular weight is 393 g/mol. The van der Waals surface area contributed by atoms with Crippen LogP contribution in [0.2, 0.25) is 0 Å². The smallest absolute Gasteiger partial charge is 0.321 e. The predicted octanol–water partition coefficient (Wildman–Crippen LogP) is 3.20. The third kappa shape index (κ3) is 3.72. The molecule has 0 saturated carbocycles. The molecule has 2 heterocycles. The van der Waals surface area contributed by atoms with E-state index in [0.717, 1.165) is 29.8 Å². The SMILES string of the molecule is CCc1ccccc1NC(=O)N1CC[C@@]2(C1)CN(c1ccccc1)C(=O)CN2C. The molecule has 2 aliphatic heterocycles. The van der Waals surface area contributed by atoms with Gasteiger partial charge in [-0.25, -0.2) is 4.79 Å². The highest BCUT2D eigenvalue weighted by molar-refractivity contribution is 5.96. The first-order chi connectivity index (χ1) is 14.0. The molecule has 0 bridgehead atoms. The van der Waals surface area contributed by atoms with Gasteiger partial charge in [-0.15, -0.1) is 0 Å². The minimum Gasteiger partial charge on any atom is -0.323 e. The van der Waals surface area contributed by atoms with E-state index in [0.29, 0.717) is 26.2 Å². The van der Waals surface area contributed by atoms with Gasteiger partial charge in [0.2, 0.25) is 5.91 Å². The molecule has 29 heavy (non-hydrogen) atoms. The Bertz CT molecular complexity index is 901. The van der Waals surface area contributed by atoms with E-state index >= 15 is 0 Å². The van der Waals surface area contributed by atoms with Crippen molar-refractivity contribution in [2.45, 2.75) is 25.3 Å². The van der Waals surface area contributed by atoms with Crippen molar-refractivity contribution in [2.75, 3.05) is 43.4 Å². The van der Waals surface area contributed by atoms with Gasteiger partial charge in [-0.3, -0.25) is 9.69 Å². The van der Waals surface area contributed by atoms with E-state index < -0.39 is 0 Å². The van der Waals surface area contributed by atoms with Crippen molar-refractivity contribution in [3.8, 4) is 0 Å². The molecular weight excluding hydrogens is 364 g/mol. The van der Waals surface area contributed by atoms with Crippen LogP contribution in [0.1, 0.15) is 18.9 Å². The summed E-state index contributed by atoms with van der Waals surface area (Å²) >= 11 is 0. The van der Waals surface area contributed by atoms with Gasteiger partial charge < -0.3 is 15.1 Å². The number of likely N-dealkylation sites (N-methyl/N-ethyl adjacent to an activating group) is 1. The van der Waals surface area contributed by atoms with Crippen molar-refractivity contribution in [3.63, 3.8) is 0 Å². The first kappa shape index (κ1) is 19.5. The van der Waals surface area contributed by atoms with Gasteiger partial charge >= 0.3 is 6.03 Å². The molecule has 2 saturated heterocycles. The maximum absolute atomic E-state index is 12.9. The van der Waals surface area contributed by atoms with Gasteiger partial charge in [-0.2, -0.15) is 0 Å². The predicted molar refractivity (Wildman–Crippen MR) is 115 cm³/mol. The number of piperazine rings is 1. The van der Waals surface area contributed by atoms with E-state index in [-0.39, 0.29) is 17.5 Å². The van der Waals surface area contributed by atoms with Crippen LogP contribution in [0.15, 0.2) is 54.6 Å². The second-order valence-electron chi connectivity index (χ2n) is 8.01. The molecule has 4 rings (SSSR count). The number of hydrogen-bond donors (Lipinski definition) is 1. The fraction of sp³-hybridized carbons (Fsp3) is 0.391. The highest BCUT2D eigenvalue weighted by Crippen LogP contribution is 2.33. The fourth-order valence-corrected chi connectivity index (χ4v) is 4.42. The molecule has 3 amide bonds. The Morgan fingerprint density at radius 1 is 1.07 bits per heavy atom. The number of amides is 3. The zero-order valence-electron chi connectivity index (χ0n) is 17.1. The average Bonchev–Trinajstić information content (AvgIpc) is 3.17. The van der Waals surface area contributed by atoms with Crippen molar-refractivity contribution in [3.05, 3.63) is 60.2 Å². The summed E-state index contributed by atoms with van der Waals surface area (Å²) in [5.41, 5.74) is 2.71. The Morgan fingerprint density at radius 2 is 1.79 bits per heavy atom. The molecular formula is C23H28N4O2. The Labute approximate surface area is 172 Å². The van der Waals surface area contributed by atoms with E-state index in [1.54, 1.807) is 0 Å². The maximum atomic E-state index is 12.9. The summed E-state index contributed by atoms with van der Waals surface area (Å²) in [6.07, 6.45) is 1.72. The number of para-hydroxylation sites is 2. The summed E-state index contributed by atoms with van der Waals surface area (Å²) in [6.45, 7) is 4.34. The zero-order valence-corrected chi connectivity index (χ0v) is 17.1. The Hall–Kier alpha value is -2.86. The number of likely N-dealkylation sites (tertiary alicyclic amines) is 1. The van der Waals surface area contributed by atoms with Gasteiger partial charge in [-0.05, 0) is 43.7 Å². The van der Waals surface area contributed by atoms with Gasteiger partial charge in [0.05, 0.1) is 12.1 Å². The first-order valence-corrected chi connectivity index (χ1v) is 10.2. The van der Waals surface area contributed by atoms with E-state index in [2.05, 4.69) is 17.1 Å². The number of nitrogens with zero attached hydrogens (tertiary/aromatic N) is 3. The van der Waals surface area contributed by atoms with E-state index in [9.17, 15) is 9.59 Å². The van der Waals surface area contributed by atoms with E-state index in [1.807, 2.05) is 71.4 Å². The number of aryl methyl sites for hydroxylation is 1. The molecule has 2 aromatic rings. The van der Waals surface area contributed by atoms with Crippen molar-refractivity contribution in [1.82, 2.24) is 9.80 Å². The molecule has 152 valence electrons. The molecule has 1 spiro atoms. The molecule has 0 aromatic heterocycles. The second kappa shape index (κ2) is 7.87. The number of anilines is 2. The Kier molecular flexibility index (Phi) is 5.28. The maximum Gasteiger partial charge on any atom is 0.321 e. The lowest BCUT2D eigenvalue weighted by atomic mass is 9.92. The molecule has 0 radical (unpaired) electrons. The van der Waals surface area contributed by atoms with Gasteiger partial charge in [0.15, 0.2) is 0 Å². The van der Waals surface area contributed by atoms with Gasteiger partial charge in [0.25, 0.3) is 0 Å². The summed E-state index contributed by atoms with van der Waals surface area (Å²) in [4.78, 5) is 31.5. The second-order valence-corrected chi connectivity index (χ2v) is 8.01. The number of benzene rings is 2. The number of carbonyl (C=O) groups is 2. The quantitative estimate of drug-likeness (QED) is 0.873. The van der Waals surface area contributed by atoms with Crippen molar-refractivity contribution < 1.29 is 9.59 Å². The van der Waals surface area contributed by atoms with Crippen LogP contribution >= 0.6 is 0 Å². The van der Waals surface area contributed by atoms with Crippen molar-refractivity contribution in [2.24, 2.45) is 0 Å². The van der Waals surface area contributed by atoms with Gasteiger partial charge in [0.1, 0.15) is 0 Å². The summed E-state index contributed by atoms with van der Waals surface area (Å²) in [5, 5.41) is 3.08. The van der Waals surface area contributed by atoms with E-state index in [1.165, 1.54) is 0 Å². The number of carbonyl (C=O) groups excluding carboxylic acids is 2. The molecule has 2 fully saturated rings. The highest BCUT2D eigenvalue weighted by Gasteiger charge is 2.48. The van der Waals surface area contributed by atoms with Crippen molar-refractivity contribution in [1.29, 1.82) is 0 Å². The monoisotopic (exact) mass is 392 g/mol. The first-order valence-electron chi connectivity index (χ1n) is 10.2. The van der Waals surface area contributed by atoms with Gasteiger partial charge in [0, 0.05) is 31.0 Å². The Balaban J connectivity index is 1.49. The molecule has 6 nitrogen and oxygen atoms in total. The summed E-state index contributed by atoms with van der Waals surface area (Å²) < 4.78 is 0. The van der Waals surface area contributed by atoms with E-state index in [4.69, 9.17) is 0 Å². The standard InChI is InChI=1S/C23H28N4O2/c1-3-18-9-7-8-12-20(18)24-22(29)26-14-13-23(16-26)17-27(21(28)15-25(23)2)19-10-5-4-6-11-19/h4-12H,3,13-17H2,1-2H3,(H,24,29)/t23-/m1/s1. The fourth-order valence-electron chi connectivity index (χ4n) is 4.42. The number of rotatable bonds is 3. The van der Waals surface area contributed by atoms with Crippen LogP contribution < -0.4 is 10.2 Å². The number of nitrogens with one attached hydrogen (secondary N) is 1. The minimum atomic E-state index is -0.217. The Morgan fingerprint density at radius 3 is 2.55 bits per heavy atom. The molecule has 1 N–H and O–H groups in total. The lowest BCUT2D eigenvalue weighted by molar-refractivity contribution is -0.123. The topological polar surface area (TPSA) is 55.9 Å². The normalized spacial score (nSPS) is 22.3. The lowest BCUT2D eigenvalue weighted by Gasteiger charge is -2.46. The molecule has 2 aliphatic rings. The summed E-state index contributed by atoms with van der Waals surface area (Å²) in [5.74, 6) is 0.101. The summed E-state index contributed by atoms with van der Waals surface area (Å²) in [7, 11) is 1.99. The molecule has 2 aromatic carbocycles. The van der Waals surface area contributed by atoms with Crippen LogP contribution in [0.5, 0.6) is 0 Å². The molecule has 0 aliphatic carbocycles. The van der Waals surface area contributed by atoms with Crippen LogP contribution in [-0.4, -0.2) is 60.5 Å². The number of hydrogen-bond acceptors (Lipinski definition) is 3. The highest BCUT2D eigenvalue weighted by atomic mass is 16.2. The molecule has 6 heteroatoms. The minimum absolute atomic E-state index is 0.0701. The summed E-state index contributed by atoms with van der Waals surface area (Å²) in [6, 6.07) is 17.7. The largest absolute Gasteiger partial charge is 0.323 e. The molecule has 0 unspecified atom stereocenters.